The number of amides is 3. The van der Waals surface area contributed by atoms with E-state index in [-0.39, 0.29) is 24.4 Å². The number of nitrogens with zero attached hydrogens (tertiary/aromatic N) is 2. The number of aromatic nitrogens is 1. The Bertz CT molecular complexity index is 778. The van der Waals surface area contributed by atoms with Gasteiger partial charge in [-0.3, -0.25) is 9.69 Å². The number of benzene rings is 1. The van der Waals surface area contributed by atoms with E-state index in [1.54, 1.807) is 6.92 Å². The molecule has 1 aromatic heterocycles. The molecule has 6 heteroatoms. The maximum Gasteiger partial charge on any atom is 0.325 e. The number of nitrogens with one attached hydrogen (secondary N) is 1. The van der Waals surface area contributed by atoms with Gasteiger partial charge in [0.2, 0.25) is 0 Å². The highest BCUT2D eigenvalue weighted by atomic mass is 16.5. The summed E-state index contributed by atoms with van der Waals surface area (Å²) in [7, 11) is 0. The van der Waals surface area contributed by atoms with E-state index < -0.39 is 5.54 Å². The fourth-order valence-corrected chi connectivity index (χ4v) is 3.44. The molecule has 25 heavy (non-hydrogen) atoms. The van der Waals surface area contributed by atoms with E-state index in [4.69, 9.17) is 4.52 Å². The van der Waals surface area contributed by atoms with Crippen molar-refractivity contribution in [2.75, 3.05) is 0 Å². The van der Waals surface area contributed by atoms with Gasteiger partial charge in [-0.25, -0.2) is 4.79 Å². The van der Waals surface area contributed by atoms with E-state index in [0.29, 0.717) is 17.9 Å². The molecule has 1 aliphatic heterocycles. The van der Waals surface area contributed by atoms with Gasteiger partial charge in [-0.15, -0.1) is 0 Å². The molecule has 1 aliphatic rings. The predicted octanol–water partition coefficient (Wildman–Crippen LogP) is 3.28. The molecule has 1 aromatic carbocycles. The van der Waals surface area contributed by atoms with Crippen molar-refractivity contribution in [3.63, 3.8) is 0 Å². The van der Waals surface area contributed by atoms with Gasteiger partial charge in [0.15, 0.2) is 0 Å². The highest BCUT2D eigenvalue weighted by molar-refractivity contribution is 6.07. The van der Waals surface area contributed by atoms with Crippen LogP contribution in [0, 0.1) is 19.8 Å². The van der Waals surface area contributed by atoms with Crippen LogP contribution in [0.4, 0.5) is 4.79 Å². The van der Waals surface area contributed by atoms with Crippen LogP contribution < -0.4 is 5.32 Å². The normalized spacial score (nSPS) is 20.4. The van der Waals surface area contributed by atoms with Crippen molar-refractivity contribution in [1.29, 1.82) is 0 Å². The number of imide groups is 1. The zero-order chi connectivity index (χ0) is 18.2. The van der Waals surface area contributed by atoms with Crippen LogP contribution in [0.2, 0.25) is 0 Å². The predicted molar refractivity (Wildman–Crippen MR) is 92.6 cm³/mol. The Labute approximate surface area is 147 Å². The van der Waals surface area contributed by atoms with E-state index in [2.05, 4.69) is 10.5 Å². The average Bonchev–Trinajstić information content (AvgIpc) is 3.01. The summed E-state index contributed by atoms with van der Waals surface area (Å²) >= 11 is 0. The molecular weight excluding hydrogens is 318 g/mol. The third-order valence-electron chi connectivity index (χ3n) is 4.65. The molecule has 1 N–H and O–H groups in total. The lowest BCUT2D eigenvalue weighted by molar-refractivity contribution is -0.132. The summed E-state index contributed by atoms with van der Waals surface area (Å²) in [5, 5.41) is 6.86. The third kappa shape index (κ3) is 2.92. The molecular formula is C19H23N3O3. The Morgan fingerprint density at radius 3 is 2.44 bits per heavy atom. The first-order valence-electron chi connectivity index (χ1n) is 8.46. The maximum atomic E-state index is 13.3. The van der Waals surface area contributed by atoms with Crippen molar-refractivity contribution in [2.45, 2.75) is 46.2 Å². The van der Waals surface area contributed by atoms with Crippen LogP contribution in [0.3, 0.4) is 0 Å². The molecule has 0 radical (unpaired) electrons. The summed E-state index contributed by atoms with van der Waals surface area (Å²) in [6, 6.07) is 9.06. The van der Waals surface area contributed by atoms with Crippen LogP contribution in [-0.4, -0.2) is 22.0 Å². The summed E-state index contributed by atoms with van der Waals surface area (Å²) in [4.78, 5) is 27.2. The van der Waals surface area contributed by atoms with Gasteiger partial charge in [0.25, 0.3) is 5.91 Å². The Balaban J connectivity index is 1.99. The minimum absolute atomic E-state index is 0.165. The first kappa shape index (κ1) is 17.2. The van der Waals surface area contributed by atoms with Gasteiger partial charge < -0.3 is 9.84 Å². The lowest BCUT2D eigenvalue weighted by atomic mass is 9.82. The van der Waals surface area contributed by atoms with Crippen LogP contribution >= 0.6 is 0 Å². The molecule has 3 rings (SSSR count). The molecule has 0 spiro atoms. The maximum absolute atomic E-state index is 13.3. The van der Waals surface area contributed by atoms with Crippen LogP contribution in [0.5, 0.6) is 0 Å². The molecule has 2 heterocycles. The number of rotatable bonds is 5. The number of hydrogen-bond acceptors (Lipinski definition) is 4. The van der Waals surface area contributed by atoms with Gasteiger partial charge >= 0.3 is 6.03 Å². The van der Waals surface area contributed by atoms with Crippen LogP contribution in [0.1, 0.15) is 42.8 Å². The molecule has 0 aliphatic carbocycles. The molecule has 0 saturated carbocycles. The summed E-state index contributed by atoms with van der Waals surface area (Å²) in [6.07, 6.45) is 0.541. The van der Waals surface area contributed by atoms with E-state index in [9.17, 15) is 9.59 Å². The van der Waals surface area contributed by atoms with E-state index in [1.807, 2.05) is 51.1 Å². The van der Waals surface area contributed by atoms with Gasteiger partial charge in [0, 0.05) is 5.56 Å². The van der Waals surface area contributed by atoms with Crippen molar-refractivity contribution in [3.05, 3.63) is 52.9 Å². The minimum Gasteiger partial charge on any atom is -0.361 e. The zero-order valence-corrected chi connectivity index (χ0v) is 15.0. The van der Waals surface area contributed by atoms with Crippen molar-refractivity contribution in [3.8, 4) is 0 Å². The fourth-order valence-electron chi connectivity index (χ4n) is 3.44. The van der Waals surface area contributed by atoms with Gasteiger partial charge in [-0.2, -0.15) is 0 Å². The standard InChI is InChI=1S/C19H23N3O3/c1-12(2)10-19(15-8-6-5-7-9-15)17(23)22(18(24)20-19)11-16-13(3)21-25-14(16)4/h5-9,12H,10-11H2,1-4H3,(H,20,24)/t19-/m1/s1. The monoisotopic (exact) mass is 341 g/mol. The van der Waals surface area contributed by atoms with Crippen LogP contribution in [0.15, 0.2) is 34.9 Å². The van der Waals surface area contributed by atoms with Gasteiger partial charge in [0.1, 0.15) is 11.3 Å². The number of carbonyl (C=O) groups excluding carboxylic acids is 2. The van der Waals surface area contributed by atoms with Crippen LogP contribution in [0.25, 0.3) is 0 Å². The van der Waals surface area contributed by atoms with Gasteiger partial charge in [0.05, 0.1) is 12.2 Å². The average molecular weight is 341 g/mol. The van der Waals surface area contributed by atoms with E-state index in [1.165, 1.54) is 4.90 Å². The number of hydrogen-bond donors (Lipinski definition) is 1. The number of carbonyl (C=O) groups is 2. The zero-order valence-electron chi connectivity index (χ0n) is 15.0. The summed E-state index contributed by atoms with van der Waals surface area (Å²) < 4.78 is 5.16. The summed E-state index contributed by atoms with van der Waals surface area (Å²) in [6.45, 7) is 7.84. The van der Waals surface area contributed by atoms with Crippen molar-refractivity contribution in [2.24, 2.45) is 5.92 Å². The minimum atomic E-state index is -1.02. The smallest absolute Gasteiger partial charge is 0.325 e. The molecule has 0 unspecified atom stereocenters. The highest BCUT2D eigenvalue weighted by Crippen LogP contribution is 2.36. The van der Waals surface area contributed by atoms with E-state index >= 15 is 0 Å². The molecule has 1 saturated heterocycles. The van der Waals surface area contributed by atoms with Gasteiger partial charge in [-0.1, -0.05) is 49.3 Å². The molecule has 1 fully saturated rings. The van der Waals surface area contributed by atoms with Crippen molar-refractivity contribution >= 4 is 11.9 Å². The molecule has 1 atom stereocenters. The molecule has 132 valence electrons. The topological polar surface area (TPSA) is 75.4 Å². The Kier molecular flexibility index (Phi) is 4.37. The Morgan fingerprint density at radius 1 is 1.20 bits per heavy atom. The van der Waals surface area contributed by atoms with Crippen molar-refractivity contribution < 1.29 is 14.1 Å². The molecule has 2 aromatic rings. The van der Waals surface area contributed by atoms with E-state index in [0.717, 1.165) is 11.1 Å². The second-order valence-corrected chi connectivity index (χ2v) is 6.99. The van der Waals surface area contributed by atoms with Crippen LogP contribution in [-0.2, 0) is 16.9 Å². The van der Waals surface area contributed by atoms with Crippen molar-refractivity contribution in [1.82, 2.24) is 15.4 Å². The third-order valence-corrected chi connectivity index (χ3v) is 4.65. The molecule has 3 amide bonds. The lowest BCUT2D eigenvalue weighted by Gasteiger charge is -2.29. The largest absolute Gasteiger partial charge is 0.361 e. The number of urea groups is 1. The Morgan fingerprint density at radius 2 is 1.88 bits per heavy atom. The molecule has 0 bridgehead atoms. The quantitative estimate of drug-likeness (QED) is 0.847. The fraction of sp³-hybridized carbons (Fsp3) is 0.421. The second-order valence-electron chi connectivity index (χ2n) is 6.99. The molecule has 6 nitrogen and oxygen atoms in total. The first-order chi connectivity index (χ1) is 11.8. The Hall–Kier alpha value is -2.63. The van der Waals surface area contributed by atoms with Gasteiger partial charge in [-0.05, 0) is 31.7 Å². The lowest BCUT2D eigenvalue weighted by Crippen LogP contribution is -2.45. The number of aryl methyl sites for hydroxylation is 2. The SMILES string of the molecule is Cc1noc(C)c1CN1C(=O)N[C@](CC(C)C)(c2ccccc2)C1=O. The highest BCUT2D eigenvalue weighted by Gasteiger charge is 2.52. The summed E-state index contributed by atoms with van der Waals surface area (Å²) in [5.41, 5.74) is 1.25. The first-order valence-corrected chi connectivity index (χ1v) is 8.46. The summed E-state index contributed by atoms with van der Waals surface area (Å²) in [5.74, 6) is 0.639. The second kappa shape index (κ2) is 6.35.